The zero-order valence-electron chi connectivity index (χ0n) is 11.3. The first-order valence-corrected chi connectivity index (χ1v) is 8.26. The number of carbonyl (C=O) groups is 1. The van der Waals surface area contributed by atoms with Crippen molar-refractivity contribution in [1.82, 2.24) is 10.6 Å². The standard InChI is InChI=1S/C13H24N2O3S/c16-12-7-14-5-10(12)6-15-13(17)9-19-8-11-3-1-2-4-18-11/h10-12,14,16H,1-9H2,(H,15,17). The molecule has 110 valence electrons. The van der Waals surface area contributed by atoms with E-state index in [2.05, 4.69) is 10.6 Å². The molecule has 3 atom stereocenters. The molecule has 2 heterocycles. The molecule has 0 aromatic carbocycles. The quantitative estimate of drug-likeness (QED) is 0.641. The molecular formula is C13H24N2O3S. The molecule has 0 spiro atoms. The van der Waals surface area contributed by atoms with Crippen molar-refractivity contribution in [2.45, 2.75) is 31.5 Å². The van der Waals surface area contributed by atoms with Crippen molar-refractivity contribution in [2.75, 3.05) is 37.7 Å². The molecule has 3 N–H and O–H groups in total. The van der Waals surface area contributed by atoms with Crippen LogP contribution in [0.5, 0.6) is 0 Å². The lowest BCUT2D eigenvalue weighted by molar-refractivity contribution is -0.118. The Bertz CT molecular complexity index is 285. The predicted octanol–water partition coefficient (Wildman–Crippen LogP) is -0.0148. The Labute approximate surface area is 118 Å². The van der Waals surface area contributed by atoms with Gasteiger partial charge in [-0.05, 0) is 19.3 Å². The Morgan fingerprint density at radius 1 is 1.42 bits per heavy atom. The summed E-state index contributed by atoms with van der Waals surface area (Å²) < 4.78 is 5.62. The summed E-state index contributed by atoms with van der Waals surface area (Å²) in [5.41, 5.74) is 0. The molecule has 2 saturated heterocycles. The van der Waals surface area contributed by atoms with Crippen LogP contribution in [0.25, 0.3) is 0 Å². The molecule has 5 nitrogen and oxygen atoms in total. The molecule has 2 aliphatic rings. The summed E-state index contributed by atoms with van der Waals surface area (Å²) in [7, 11) is 0. The van der Waals surface area contributed by atoms with Crippen LogP contribution >= 0.6 is 11.8 Å². The third kappa shape index (κ3) is 5.30. The van der Waals surface area contributed by atoms with E-state index in [1.54, 1.807) is 11.8 Å². The summed E-state index contributed by atoms with van der Waals surface area (Å²) in [4.78, 5) is 11.7. The number of rotatable bonds is 6. The molecule has 19 heavy (non-hydrogen) atoms. The van der Waals surface area contributed by atoms with E-state index >= 15 is 0 Å². The van der Waals surface area contributed by atoms with Crippen LogP contribution in [0.2, 0.25) is 0 Å². The molecule has 0 bridgehead atoms. The molecule has 0 saturated carbocycles. The van der Waals surface area contributed by atoms with E-state index in [1.807, 2.05) is 0 Å². The lowest BCUT2D eigenvalue weighted by Gasteiger charge is -2.22. The number of hydrogen-bond acceptors (Lipinski definition) is 5. The van der Waals surface area contributed by atoms with Crippen LogP contribution in [0.1, 0.15) is 19.3 Å². The van der Waals surface area contributed by atoms with Gasteiger partial charge in [0.2, 0.25) is 5.91 Å². The fourth-order valence-electron chi connectivity index (χ4n) is 2.45. The maximum absolute atomic E-state index is 11.7. The maximum atomic E-state index is 11.7. The molecule has 1 amide bonds. The van der Waals surface area contributed by atoms with Crippen LogP contribution in [0.4, 0.5) is 0 Å². The second kappa shape index (κ2) is 8.09. The summed E-state index contributed by atoms with van der Waals surface area (Å²) in [6, 6.07) is 0. The van der Waals surface area contributed by atoms with Gasteiger partial charge in [-0.25, -0.2) is 0 Å². The second-order valence-corrected chi connectivity index (χ2v) is 6.32. The van der Waals surface area contributed by atoms with Crippen molar-refractivity contribution in [1.29, 1.82) is 0 Å². The minimum absolute atomic E-state index is 0.0555. The van der Waals surface area contributed by atoms with Crippen LogP contribution in [-0.2, 0) is 9.53 Å². The normalized spacial score (nSPS) is 31.3. The molecule has 6 heteroatoms. The lowest BCUT2D eigenvalue weighted by Crippen LogP contribution is -2.35. The van der Waals surface area contributed by atoms with E-state index in [0.29, 0.717) is 24.9 Å². The van der Waals surface area contributed by atoms with Crippen LogP contribution in [0, 0.1) is 5.92 Å². The average Bonchev–Trinajstić information content (AvgIpc) is 2.83. The minimum atomic E-state index is -0.330. The molecular weight excluding hydrogens is 264 g/mol. The maximum Gasteiger partial charge on any atom is 0.230 e. The van der Waals surface area contributed by atoms with Crippen LogP contribution in [0.3, 0.4) is 0 Å². The van der Waals surface area contributed by atoms with Gasteiger partial charge in [0.1, 0.15) is 0 Å². The highest BCUT2D eigenvalue weighted by molar-refractivity contribution is 7.99. The Hall–Kier alpha value is -0.300. The largest absolute Gasteiger partial charge is 0.391 e. The second-order valence-electron chi connectivity index (χ2n) is 5.29. The van der Waals surface area contributed by atoms with Crippen molar-refractivity contribution in [2.24, 2.45) is 5.92 Å². The zero-order valence-corrected chi connectivity index (χ0v) is 12.1. The van der Waals surface area contributed by atoms with Crippen LogP contribution in [-0.4, -0.2) is 61.0 Å². The average molecular weight is 288 g/mol. The highest BCUT2D eigenvalue weighted by Gasteiger charge is 2.25. The van der Waals surface area contributed by atoms with E-state index in [0.717, 1.165) is 25.3 Å². The van der Waals surface area contributed by atoms with Gasteiger partial charge in [-0.3, -0.25) is 4.79 Å². The highest BCUT2D eigenvalue weighted by Crippen LogP contribution is 2.17. The zero-order chi connectivity index (χ0) is 13.5. The molecule has 2 fully saturated rings. The highest BCUT2D eigenvalue weighted by atomic mass is 32.2. The van der Waals surface area contributed by atoms with Crippen molar-refractivity contribution in [3.8, 4) is 0 Å². The number of aliphatic hydroxyl groups is 1. The monoisotopic (exact) mass is 288 g/mol. The van der Waals surface area contributed by atoms with E-state index < -0.39 is 0 Å². The first kappa shape index (κ1) is 15.1. The topological polar surface area (TPSA) is 70.6 Å². The Morgan fingerprint density at radius 2 is 2.32 bits per heavy atom. The Kier molecular flexibility index (Phi) is 6.43. The van der Waals surface area contributed by atoms with Crippen molar-refractivity contribution in [3.05, 3.63) is 0 Å². The first-order chi connectivity index (χ1) is 9.25. The molecule has 0 aromatic rings. The van der Waals surface area contributed by atoms with E-state index in [4.69, 9.17) is 4.74 Å². The Balaban J connectivity index is 1.51. The van der Waals surface area contributed by atoms with Crippen LogP contribution < -0.4 is 10.6 Å². The molecule has 2 rings (SSSR count). The third-order valence-electron chi connectivity index (χ3n) is 3.68. The molecule has 0 aliphatic carbocycles. The smallest absolute Gasteiger partial charge is 0.230 e. The van der Waals surface area contributed by atoms with Gasteiger partial charge in [0.15, 0.2) is 0 Å². The van der Waals surface area contributed by atoms with Gasteiger partial charge in [-0.1, -0.05) is 0 Å². The molecule has 0 aromatic heterocycles. The van der Waals surface area contributed by atoms with Crippen molar-refractivity contribution in [3.63, 3.8) is 0 Å². The summed E-state index contributed by atoms with van der Waals surface area (Å²) in [5.74, 6) is 1.59. The Morgan fingerprint density at radius 3 is 3.00 bits per heavy atom. The van der Waals surface area contributed by atoms with E-state index in [-0.39, 0.29) is 17.9 Å². The van der Waals surface area contributed by atoms with Gasteiger partial charge < -0.3 is 20.5 Å². The third-order valence-corrected chi connectivity index (χ3v) is 4.75. The number of β-amino-alcohol motifs (C(OH)–C–C–N with tert-alkyl or cyclic N) is 1. The number of hydrogen-bond donors (Lipinski definition) is 3. The van der Waals surface area contributed by atoms with Gasteiger partial charge in [-0.15, -0.1) is 11.8 Å². The minimum Gasteiger partial charge on any atom is -0.391 e. The van der Waals surface area contributed by atoms with Gasteiger partial charge in [0.05, 0.1) is 18.0 Å². The number of amides is 1. The number of nitrogens with one attached hydrogen (secondary N) is 2. The van der Waals surface area contributed by atoms with Crippen molar-refractivity contribution >= 4 is 17.7 Å². The number of aliphatic hydroxyl groups excluding tert-OH is 1. The van der Waals surface area contributed by atoms with Crippen LogP contribution in [0.15, 0.2) is 0 Å². The predicted molar refractivity (Wildman–Crippen MR) is 76.3 cm³/mol. The molecule has 2 aliphatic heterocycles. The first-order valence-electron chi connectivity index (χ1n) is 7.10. The fraction of sp³-hybridized carbons (Fsp3) is 0.923. The van der Waals surface area contributed by atoms with Crippen molar-refractivity contribution < 1.29 is 14.6 Å². The van der Waals surface area contributed by atoms with E-state index in [9.17, 15) is 9.90 Å². The molecule has 0 radical (unpaired) electrons. The summed E-state index contributed by atoms with van der Waals surface area (Å²) >= 11 is 1.64. The lowest BCUT2D eigenvalue weighted by atomic mass is 10.1. The summed E-state index contributed by atoms with van der Waals surface area (Å²) in [5, 5.41) is 15.6. The summed E-state index contributed by atoms with van der Waals surface area (Å²) in [6.07, 6.45) is 3.52. The fourth-order valence-corrected chi connectivity index (χ4v) is 3.38. The van der Waals surface area contributed by atoms with Gasteiger partial charge in [0, 0.05) is 37.9 Å². The number of ether oxygens (including phenoxy) is 1. The number of carbonyl (C=O) groups excluding carboxylic acids is 1. The molecule has 3 unspecified atom stereocenters. The van der Waals surface area contributed by atoms with Gasteiger partial charge in [-0.2, -0.15) is 0 Å². The summed E-state index contributed by atoms with van der Waals surface area (Å²) in [6.45, 7) is 2.84. The number of thioether (sulfide) groups is 1. The SMILES string of the molecule is O=C(CSCC1CCCCO1)NCC1CNCC1O. The van der Waals surface area contributed by atoms with Gasteiger partial charge in [0.25, 0.3) is 0 Å². The van der Waals surface area contributed by atoms with Gasteiger partial charge >= 0.3 is 0 Å². The van der Waals surface area contributed by atoms with E-state index in [1.165, 1.54) is 12.8 Å².